The summed E-state index contributed by atoms with van der Waals surface area (Å²) in [7, 11) is 1.53. The summed E-state index contributed by atoms with van der Waals surface area (Å²) in [6.45, 7) is 3.84. The number of halogens is 1. The van der Waals surface area contributed by atoms with Gasteiger partial charge < -0.3 is 20.5 Å². The molecule has 0 spiro atoms. The third kappa shape index (κ3) is 5.35. The molecule has 0 unspecified atom stereocenters. The van der Waals surface area contributed by atoms with Gasteiger partial charge in [0, 0.05) is 18.1 Å². The van der Waals surface area contributed by atoms with Crippen LogP contribution in [0.1, 0.15) is 18.1 Å². The van der Waals surface area contributed by atoms with Crippen LogP contribution in [0.3, 0.4) is 0 Å². The van der Waals surface area contributed by atoms with Crippen LogP contribution in [0.25, 0.3) is 0 Å². The van der Waals surface area contributed by atoms with Crippen molar-refractivity contribution in [3.05, 3.63) is 58.6 Å². The Labute approximate surface area is 147 Å². The Morgan fingerprint density at radius 3 is 2.67 bits per heavy atom. The van der Waals surface area contributed by atoms with Crippen LogP contribution in [0, 0.1) is 0 Å². The van der Waals surface area contributed by atoms with E-state index in [-0.39, 0.29) is 5.75 Å². The highest BCUT2D eigenvalue weighted by Crippen LogP contribution is 2.26. The summed E-state index contributed by atoms with van der Waals surface area (Å²) in [6, 6.07) is 12.9. The zero-order chi connectivity index (χ0) is 17.4. The number of benzene rings is 2. The summed E-state index contributed by atoms with van der Waals surface area (Å²) in [5.74, 6) is 1.28. The summed E-state index contributed by atoms with van der Waals surface area (Å²) >= 11 is 5.99. The minimum atomic E-state index is 0.123. The van der Waals surface area contributed by atoms with Crippen LogP contribution in [0.5, 0.6) is 11.5 Å². The standard InChI is InChI=1S/C18H22ClN3O2/c1-3-20-18(21-11-13-5-4-6-15(19)9-13)22-12-14-7-8-17(24-2)16(23)10-14/h4-10,23H,3,11-12H2,1-2H3,(H2,20,21,22). The Bertz CT molecular complexity index is 704. The predicted molar refractivity (Wildman–Crippen MR) is 97.8 cm³/mol. The highest BCUT2D eigenvalue weighted by atomic mass is 35.5. The molecule has 3 N–H and O–H groups in total. The van der Waals surface area contributed by atoms with Gasteiger partial charge in [-0.15, -0.1) is 0 Å². The van der Waals surface area contributed by atoms with E-state index >= 15 is 0 Å². The molecular formula is C18H22ClN3O2. The predicted octanol–water partition coefficient (Wildman–Crippen LogP) is 3.31. The van der Waals surface area contributed by atoms with Gasteiger partial charge in [-0.1, -0.05) is 29.8 Å². The van der Waals surface area contributed by atoms with E-state index in [9.17, 15) is 5.11 Å². The van der Waals surface area contributed by atoms with E-state index in [0.717, 1.165) is 17.7 Å². The highest BCUT2D eigenvalue weighted by Gasteiger charge is 2.04. The van der Waals surface area contributed by atoms with Crippen LogP contribution >= 0.6 is 11.6 Å². The second-order valence-corrected chi connectivity index (χ2v) is 5.62. The van der Waals surface area contributed by atoms with Gasteiger partial charge in [-0.3, -0.25) is 0 Å². The smallest absolute Gasteiger partial charge is 0.191 e. The number of phenolic OH excluding ortho intramolecular Hbond substituents is 1. The summed E-state index contributed by atoms with van der Waals surface area (Å²) in [5.41, 5.74) is 1.98. The number of hydrogen-bond donors (Lipinski definition) is 3. The number of nitrogens with zero attached hydrogens (tertiary/aromatic N) is 1. The summed E-state index contributed by atoms with van der Waals surface area (Å²) in [6.07, 6.45) is 0. The van der Waals surface area contributed by atoms with Gasteiger partial charge in [-0.2, -0.15) is 0 Å². The molecule has 0 aliphatic carbocycles. The minimum Gasteiger partial charge on any atom is -0.504 e. The van der Waals surface area contributed by atoms with Crippen molar-refractivity contribution in [1.29, 1.82) is 0 Å². The van der Waals surface area contributed by atoms with Crippen molar-refractivity contribution in [3.63, 3.8) is 0 Å². The molecule has 0 aliphatic rings. The first-order valence-electron chi connectivity index (χ1n) is 7.75. The maximum absolute atomic E-state index is 9.83. The van der Waals surface area contributed by atoms with Crippen molar-refractivity contribution in [2.75, 3.05) is 13.7 Å². The summed E-state index contributed by atoms with van der Waals surface area (Å²) in [5, 5.41) is 17.0. The molecule has 0 radical (unpaired) electrons. The number of aromatic hydroxyl groups is 1. The van der Waals surface area contributed by atoms with Crippen LogP contribution in [-0.2, 0) is 13.1 Å². The maximum Gasteiger partial charge on any atom is 0.191 e. The van der Waals surface area contributed by atoms with Crippen molar-refractivity contribution < 1.29 is 9.84 Å². The lowest BCUT2D eigenvalue weighted by Gasteiger charge is -2.12. The second kappa shape index (κ2) is 9.03. The average molecular weight is 348 g/mol. The quantitative estimate of drug-likeness (QED) is 0.554. The van der Waals surface area contributed by atoms with Crippen molar-refractivity contribution >= 4 is 17.6 Å². The van der Waals surface area contributed by atoms with Gasteiger partial charge in [0.1, 0.15) is 0 Å². The number of rotatable bonds is 6. The zero-order valence-corrected chi connectivity index (χ0v) is 14.6. The molecule has 2 aromatic rings. The molecule has 2 aromatic carbocycles. The Balaban J connectivity index is 2.00. The topological polar surface area (TPSA) is 65.9 Å². The number of phenols is 1. The maximum atomic E-state index is 9.83. The van der Waals surface area contributed by atoms with Crippen molar-refractivity contribution in [2.24, 2.45) is 4.99 Å². The van der Waals surface area contributed by atoms with Crippen LogP contribution in [0.15, 0.2) is 47.5 Å². The fourth-order valence-electron chi connectivity index (χ4n) is 2.18. The van der Waals surface area contributed by atoms with Crippen LogP contribution in [-0.4, -0.2) is 24.7 Å². The number of aliphatic imine (C=N–C) groups is 1. The monoisotopic (exact) mass is 347 g/mol. The second-order valence-electron chi connectivity index (χ2n) is 5.18. The number of ether oxygens (including phenoxy) is 1. The first-order valence-corrected chi connectivity index (χ1v) is 8.12. The molecule has 0 bridgehead atoms. The van der Waals surface area contributed by atoms with E-state index in [2.05, 4.69) is 15.6 Å². The third-order valence-electron chi connectivity index (χ3n) is 3.36. The molecule has 24 heavy (non-hydrogen) atoms. The largest absolute Gasteiger partial charge is 0.504 e. The molecule has 0 amide bonds. The number of nitrogens with one attached hydrogen (secondary N) is 2. The molecule has 0 fully saturated rings. The molecule has 0 aromatic heterocycles. The lowest BCUT2D eigenvalue weighted by atomic mass is 10.2. The van der Waals surface area contributed by atoms with Gasteiger partial charge in [-0.05, 0) is 42.3 Å². The Morgan fingerprint density at radius 1 is 1.17 bits per heavy atom. The van der Waals surface area contributed by atoms with Crippen molar-refractivity contribution in [2.45, 2.75) is 20.0 Å². The number of methoxy groups -OCH3 is 1. The first kappa shape index (κ1) is 17.9. The van der Waals surface area contributed by atoms with Gasteiger partial charge in [0.2, 0.25) is 0 Å². The normalized spacial score (nSPS) is 11.2. The Morgan fingerprint density at radius 2 is 2.00 bits per heavy atom. The molecular weight excluding hydrogens is 326 g/mol. The first-order chi connectivity index (χ1) is 11.6. The molecule has 128 valence electrons. The fraction of sp³-hybridized carbons (Fsp3) is 0.278. The summed E-state index contributed by atoms with van der Waals surface area (Å²) in [4.78, 5) is 4.54. The van der Waals surface area contributed by atoms with Gasteiger partial charge >= 0.3 is 0 Å². The van der Waals surface area contributed by atoms with Crippen LogP contribution < -0.4 is 15.4 Å². The van der Waals surface area contributed by atoms with E-state index in [1.54, 1.807) is 12.1 Å². The van der Waals surface area contributed by atoms with Crippen molar-refractivity contribution in [1.82, 2.24) is 10.6 Å². The van der Waals surface area contributed by atoms with Crippen LogP contribution in [0.2, 0.25) is 5.02 Å². The average Bonchev–Trinajstić information content (AvgIpc) is 2.57. The minimum absolute atomic E-state index is 0.123. The summed E-state index contributed by atoms with van der Waals surface area (Å²) < 4.78 is 5.04. The Kier molecular flexibility index (Phi) is 6.75. The van der Waals surface area contributed by atoms with E-state index in [4.69, 9.17) is 16.3 Å². The van der Waals surface area contributed by atoms with Gasteiger partial charge in [0.25, 0.3) is 0 Å². The molecule has 0 aliphatic heterocycles. The number of guanidine groups is 1. The molecule has 0 saturated heterocycles. The van der Waals surface area contributed by atoms with E-state index in [1.165, 1.54) is 7.11 Å². The lowest BCUT2D eigenvalue weighted by molar-refractivity contribution is 0.373. The van der Waals surface area contributed by atoms with Gasteiger partial charge in [0.05, 0.1) is 13.7 Å². The van der Waals surface area contributed by atoms with Crippen LogP contribution in [0.4, 0.5) is 0 Å². The van der Waals surface area contributed by atoms with E-state index in [1.807, 2.05) is 37.3 Å². The van der Waals surface area contributed by atoms with Crippen molar-refractivity contribution in [3.8, 4) is 11.5 Å². The SMILES string of the molecule is CCNC(=NCc1cccc(Cl)c1)NCc1ccc(OC)c(O)c1. The zero-order valence-electron chi connectivity index (χ0n) is 13.8. The molecule has 0 saturated carbocycles. The Hall–Kier alpha value is -2.40. The molecule has 6 heteroatoms. The van der Waals surface area contributed by atoms with Gasteiger partial charge in [0.15, 0.2) is 17.5 Å². The fourth-order valence-corrected chi connectivity index (χ4v) is 2.39. The van der Waals surface area contributed by atoms with E-state index in [0.29, 0.717) is 29.8 Å². The molecule has 2 rings (SSSR count). The highest BCUT2D eigenvalue weighted by molar-refractivity contribution is 6.30. The van der Waals surface area contributed by atoms with E-state index < -0.39 is 0 Å². The van der Waals surface area contributed by atoms with Gasteiger partial charge in [-0.25, -0.2) is 4.99 Å². The number of hydrogen-bond acceptors (Lipinski definition) is 3. The third-order valence-corrected chi connectivity index (χ3v) is 3.59. The molecule has 0 atom stereocenters. The molecule has 0 heterocycles. The molecule has 5 nitrogen and oxygen atoms in total. The lowest BCUT2D eigenvalue weighted by Crippen LogP contribution is -2.36.